The highest BCUT2D eigenvalue weighted by Crippen LogP contribution is 2.17. The van der Waals surface area contributed by atoms with Crippen molar-refractivity contribution >= 4 is 0 Å². The van der Waals surface area contributed by atoms with E-state index in [0.717, 1.165) is 26.2 Å². The molecular formula is C9H20N2O. The van der Waals surface area contributed by atoms with E-state index >= 15 is 0 Å². The van der Waals surface area contributed by atoms with E-state index in [1.54, 1.807) is 0 Å². The van der Waals surface area contributed by atoms with Gasteiger partial charge in [0.1, 0.15) is 0 Å². The average molecular weight is 172 g/mol. The molecule has 0 saturated carbocycles. The molecule has 0 radical (unpaired) electrons. The molecule has 0 aromatic carbocycles. The molecule has 1 aliphatic heterocycles. The fourth-order valence-electron chi connectivity index (χ4n) is 1.48. The standard InChI is InChI=1S/C9H20N2O/c1-8(10)6-11-9(2)4-3-5-12-7-9/h8,11H,3-7,10H2,1-2H3/t8-,9?/m1/s1. The van der Waals surface area contributed by atoms with Gasteiger partial charge in [0.25, 0.3) is 0 Å². The minimum Gasteiger partial charge on any atom is -0.380 e. The van der Waals surface area contributed by atoms with Crippen molar-refractivity contribution in [1.82, 2.24) is 5.32 Å². The van der Waals surface area contributed by atoms with Crippen molar-refractivity contribution in [2.24, 2.45) is 5.73 Å². The van der Waals surface area contributed by atoms with E-state index in [2.05, 4.69) is 12.2 Å². The van der Waals surface area contributed by atoms with Crippen LogP contribution in [0.15, 0.2) is 0 Å². The molecule has 0 aromatic rings. The molecule has 2 atom stereocenters. The van der Waals surface area contributed by atoms with Gasteiger partial charge in [-0.3, -0.25) is 0 Å². The Labute approximate surface area is 74.7 Å². The summed E-state index contributed by atoms with van der Waals surface area (Å²) >= 11 is 0. The first-order valence-corrected chi connectivity index (χ1v) is 4.71. The van der Waals surface area contributed by atoms with Crippen LogP contribution in [0.25, 0.3) is 0 Å². The molecule has 1 unspecified atom stereocenters. The monoisotopic (exact) mass is 172 g/mol. The van der Waals surface area contributed by atoms with Crippen LogP contribution in [-0.4, -0.2) is 31.3 Å². The van der Waals surface area contributed by atoms with Crippen LogP contribution >= 0.6 is 0 Å². The fraction of sp³-hybridized carbons (Fsp3) is 1.00. The lowest BCUT2D eigenvalue weighted by Gasteiger charge is -2.35. The highest BCUT2D eigenvalue weighted by Gasteiger charge is 2.26. The van der Waals surface area contributed by atoms with E-state index in [0.29, 0.717) is 0 Å². The number of nitrogens with one attached hydrogen (secondary N) is 1. The van der Waals surface area contributed by atoms with E-state index in [9.17, 15) is 0 Å². The summed E-state index contributed by atoms with van der Waals surface area (Å²) in [5, 5.41) is 3.45. The maximum absolute atomic E-state index is 5.67. The van der Waals surface area contributed by atoms with Crippen molar-refractivity contribution < 1.29 is 4.74 Å². The second-order valence-corrected chi connectivity index (χ2v) is 4.07. The van der Waals surface area contributed by atoms with Crippen molar-refractivity contribution in [1.29, 1.82) is 0 Å². The molecular weight excluding hydrogens is 152 g/mol. The van der Waals surface area contributed by atoms with Gasteiger partial charge in [0, 0.05) is 24.7 Å². The largest absolute Gasteiger partial charge is 0.380 e. The molecule has 3 nitrogen and oxygen atoms in total. The quantitative estimate of drug-likeness (QED) is 0.651. The zero-order valence-electron chi connectivity index (χ0n) is 8.10. The summed E-state index contributed by atoms with van der Waals surface area (Å²) in [6.45, 7) is 6.82. The summed E-state index contributed by atoms with van der Waals surface area (Å²) in [6.07, 6.45) is 2.35. The maximum Gasteiger partial charge on any atom is 0.0645 e. The zero-order valence-corrected chi connectivity index (χ0v) is 8.10. The van der Waals surface area contributed by atoms with Gasteiger partial charge in [-0.2, -0.15) is 0 Å². The fourth-order valence-corrected chi connectivity index (χ4v) is 1.48. The van der Waals surface area contributed by atoms with E-state index in [1.165, 1.54) is 6.42 Å². The molecule has 12 heavy (non-hydrogen) atoms. The highest BCUT2D eigenvalue weighted by molar-refractivity contribution is 4.86. The minimum atomic E-state index is 0.159. The number of nitrogens with two attached hydrogens (primary N) is 1. The Morgan fingerprint density at radius 1 is 1.67 bits per heavy atom. The summed E-state index contributed by atoms with van der Waals surface area (Å²) in [5.41, 5.74) is 5.82. The third-order valence-corrected chi connectivity index (χ3v) is 2.29. The Hall–Kier alpha value is -0.120. The Morgan fingerprint density at radius 3 is 2.92 bits per heavy atom. The third-order valence-electron chi connectivity index (χ3n) is 2.29. The molecule has 0 bridgehead atoms. The Bertz CT molecular complexity index is 130. The molecule has 3 N–H and O–H groups in total. The van der Waals surface area contributed by atoms with Gasteiger partial charge in [0.05, 0.1) is 6.61 Å². The molecule has 1 rings (SSSR count). The number of ether oxygens (including phenoxy) is 1. The van der Waals surface area contributed by atoms with Crippen LogP contribution in [0.4, 0.5) is 0 Å². The zero-order chi connectivity index (χ0) is 9.03. The van der Waals surface area contributed by atoms with Crippen LogP contribution < -0.4 is 11.1 Å². The average Bonchev–Trinajstić information content (AvgIpc) is 2.03. The molecule has 0 amide bonds. The van der Waals surface area contributed by atoms with Gasteiger partial charge in [0.15, 0.2) is 0 Å². The number of rotatable bonds is 3. The summed E-state index contributed by atoms with van der Waals surface area (Å²) in [5.74, 6) is 0. The molecule has 3 heteroatoms. The second-order valence-electron chi connectivity index (χ2n) is 4.07. The van der Waals surface area contributed by atoms with Gasteiger partial charge in [0.2, 0.25) is 0 Å². The summed E-state index contributed by atoms with van der Waals surface area (Å²) < 4.78 is 5.41. The highest BCUT2D eigenvalue weighted by atomic mass is 16.5. The van der Waals surface area contributed by atoms with Gasteiger partial charge in [-0.05, 0) is 26.7 Å². The molecule has 0 spiro atoms. The van der Waals surface area contributed by atoms with Crippen molar-refractivity contribution in [3.8, 4) is 0 Å². The summed E-state index contributed by atoms with van der Waals surface area (Å²) in [7, 11) is 0. The van der Waals surface area contributed by atoms with E-state index < -0.39 is 0 Å². The number of hydrogen-bond donors (Lipinski definition) is 2. The lowest BCUT2D eigenvalue weighted by molar-refractivity contribution is 0.0283. The van der Waals surface area contributed by atoms with Crippen LogP contribution in [0.5, 0.6) is 0 Å². The van der Waals surface area contributed by atoms with Crippen LogP contribution in [0.2, 0.25) is 0 Å². The Kier molecular flexibility index (Phi) is 3.50. The Balaban J connectivity index is 2.26. The smallest absolute Gasteiger partial charge is 0.0645 e. The first-order chi connectivity index (χ1) is 5.62. The van der Waals surface area contributed by atoms with Crippen molar-refractivity contribution in [2.45, 2.75) is 38.3 Å². The van der Waals surface area contributed by atoms with Gasteiger partial charge in [-0.25, -0.2) is 0 Å². The third kappa shape index (κ3) is 3.09. The predicted octanol–water partition coefficient (Wildman–Crippen LogP) is 0.492. The van der Waals surface area contributed by atoms with Crippen LogP contribution in [0, 0.1) is 0 Å². The van der Waals surface area contributed by atoms with Crippen LogP contribution in [0.1, 0.15) is 26.7 Å². The lowest BCUT2D eigenvalue weighted by Crippen LogP contribution is -2.52. The molecule has 72 valence electrons. The van der Waals surface area contributed by atoms with Crippen molar-refractivity contribution in [3.63, 3.8) is 0 Å². The normalized spacial score (nSPS) is 33.2. The summed E-state index contributed by atoms with van der Waals surface area (Å²) in [6, 6.07) is 0.226. The van der Waals surface area contributed by atoms with Crippen LogP contribution in [0.3, 0.4) is 0 Å². The molecule has 1 saturated heterocycles. The van der Waals surface area contributed by atoms with Gasteiger partial charge in [-0.1, -0.05) is 0 Å². The number of hydrogen-bond acceptors (Lipinski definition) is 3. The molecule has 1 heterocycles. The second kappa shape index (κ2) is 4.21. The SMILES string of the molecule is C[C@@H](N)CNC1(C)CCCOC1. The topological polar surface area (TPSA) is 47.3 Å². The first kappa shape index (κ1) is 9.96. The van der Waals surface area contributed by atoms with E-state index in [-0.39, 0.29) is 11.6 Å². The molecule has 1 fully saturated rings. The van der Waals surface area contributed by atoms with Gasteiger partial charge < -0.3 is 15.8 Å². The first-order valence-electron chi connectivity index (χ1n) is 4.71. The molecule has 0 aliphatic carbocycles. The lowest BCUT2D eigenvalue weighted by atomic mass is 9.95. The van der Waals surface area contributed by atoms with Crippen molar-refractivity contribution in [2.75, 3.05) is 19.8 Å². The van der Waals surface area contributed by atoms with Gasteiger partial charge in [-0.15, -0.1) is 0 Å². The van der Waals surface area contributed by atoms with E-state index in [4.69, 9.17) is 10.5 Å². The minimum absolute atomic E-state index is 0.159. The Morgan fingerprint density at radius 2 is 2.42 bits per heavy atom. The van der Waals surface area contributed by atoms with Crippen LogP contribution in [-0.2, 0) is 4.74 Å². The van der Waals surface area contributed by atoms with E-state index in [1.807, 2.05) is 6.92 Å². The van der Waals surface area contributed by atoms with Gasteiger partial charge >= 0.3 is 0 Å². The summed E-state index contributed by atoms with van der Waals surface area (Å²) in [4.78, 5) is 0. The molecule has 0 aromatic heterocycles. The predicted molar refractivity (Wildman–Crippen MR) is 50.1 cm³/mol. The molecule has 1 aliphatic rings. The maximum atomic E-state index is 5.67. The van der Waals surface area contributed by atoms with Crippen molar-refractivity contribution in [3.05, 3.63) is 0 Å².